The topological polar surface area (TPSA) is 40.5 Å². The SMILES string of the molecule is O=C(c1ccc(Cl)c(Cl)c1)[C@H]1[C@H](c2ccccc2)C[C@@H](O)N1c1ccc(Br)cc1. The van der Waals surface area contributed by atoms with Crippen LogP contribution in [0.1, 0.15) is 28.3 Å². The van der Waals surface area contributed by atoms with Gasteiger partial charge >= 0.3 is 0 Å². The minimum absolute atomic E-state index is 0.100. The third-order valence-corrected chi connectivity index (χ3v) is 6.56. The predicted molar refractivity (Wildman–Crippen MR) is 121 cm³/mol. The zero-order chi connectivity index (χ0) is 20.5. The van der Waals surface area contributed by atoms with Crippen molar-refractivity contribution in [2.75, 3.05) is 4.90 Å². The minimum atomic E-state index is -0.780. The summed E-state index contributed by atoms with van der Waals surface area (Å²) < 4.78 is 0.932. The van der Waals surface area contributed by atoms with Crippen LogP contribution in [-0.2, 0) is 0 Å². The summed E-state index contributed by atoms with van der Waals surface area (Å²) in [6, 6.07) is 21.8. The smallest absolute Gasteiger partial charge is 0.185 e. The van der Waals surface area contributed by atoms with E-state index in [0.29, 0.717) is 22.0 Å². The van der Waals surface area contributed by atoms with Gasteiger partial charge in [-0.1, -0.05) is 69.5 Å². The molecule has 0 aliphatic carbocycles. The number of hydrogen-bond acceptors (Lipinski definition) is 3. The molecule has 0 bridgehead atoms. The lowest BCUT2D eigenvalue weighted by Gasteiger charge is -2.31. The molecule has 3 atom stereocenters. The molecule has 4 rings (SSSR count). The zero-order valence-electron chi connectivity index (χ0n) is 15.3. The molecule has 0 spiro atoms. The molecular weight excluding hydrogens is 473 g/mol. The van der Waals surface area contributed by atoms with Crippen molar-refractivity contribution in [1.29, 1.82) is 0 Å². The molecule has 0 radical (unpaired) electrons. The van der Waals surface area contributed by atoms with Crippen molar-refractivity contribution in [3.8, 4) is 0 Å². The number of benzene rings is 3. The fourth-order valence-electron chi connectivity index (χ4n) is 3.94. The molecule has 0 aromatic heterocycles. The summed E-state index contributed by atoms with van der Waals surface area (Å²) in [6.07, 6.45) is -0.323. The van der Waals surface area contributed by atoms with Gasteiger partial charge in [-0.05, 0) is 48.0 Å². The van der Waals surface area contributed by atoms with E-state index in [1.54, 1.807) is 23.1 Å². The van der Waals surface area contributed by atoms with Gasteiger partial charge < -0.3 is 10.0 Å². The van der Waals surface area contributed by atoms with E-state index in [-0.39, 0.29) is 11.7 Å². The van der Waals surface area contributed by atoms with Crippen LogP contribution in [0.15, 0.2) is 77.3 Å². The first-order chi connectivity index (χ1) is 14.0. The van der Waals surface area contributed by atoms with Crippen LogP contribution < -0.4 is 4.90 Å². The monoisotopic (exact) mass is 489 g/mol. The van der Waals surface area contributed by atoms with Gasteiger partial charge in [-0.2, -0.15) is 0 Å². The number of aliphatic hydroxyl groups is 1. The van der Waals surface area contributed by atoms with Crippen LogP contribution >= 0.6 is 39.1 Å². The van der Waals surface area contributed by atoms with Crippen molar-refractivity contribution in [3.63, 3.8) is 0 Å². The van der Waals surface area contributed by atoms with Crippen LogP contribution in [0.3, 0.4) is 0 Å². The number of nitrogens with zero attached hydrogens (tertiary/aromatic N) is 1. The molecule has 1 aliphatic rings. The van der Waals surface area contributed by atoms with Crippen LogP contribution in [0.4, 0.5) is 5.69 Å². The van der Waals surface area contributed by atoms with Crippen molar-refractivity contribution in [2.45, 2.75) is 24.6 Å². The van der Waals surface area contributed by atoms with Crippen molar-refractivity contribution in [1.82, 2.24) is 0 Å². The molecule has 3 aromatic carbocycles. The lowest BCUT2D eigenvalue weighted by Crippen LogP contribution is -2.42. The first kappa shape index (κ1) is 20.4. The van der Waals surface area contributed by atoms with Gasteiger partial charge in [-0.3, -0.25) is 4.79 Å². The van der Waals surface area contributed by atoms with Gasteiger partial charge in [0.05, 0.1) is 10.0 Å². The summed E-state index contributed by atoms with van der Waals surface area (Å²) in [5.41, 5.74) is 2.28. The van der Waals surface area contributed by atoms with Gasteiger partial charge in [0.2, 0.25) is 0 Å². The Kier molecular flexibility index (Phi) is 5.98. The van der Waals surface area contributed by atoms with Gasteiger partial charge in [-0.15, -0.1) is 0 Å². The summed E-state index contributed by atoms with van der Waals surface area (Å²) in [7, 11) is 0. The van der Waals surface area contributed by atoms with Crippen LogP contribution in [0.25, 0.3) is 0 Å². The van der Waals surface area contributed by atoms with Crippen molar-refractivity contribution in [2.24, 2.45) is 0 Å². The molecule has 1 N–H and O–H groups in total. The first-order valence-electron chi connectivity index (χ1n) is 9.22. The Hall–Kier alpha value is -1.85. The highest BCUT2D eigenvalue weighted by Gasteiger charge is 2.45. The summed E-state index contributed by atoms with van der Waals surface area (Å²) >= 11 is 15.6. The van der Waals surface area contributed by atoms with E-state index in [1.165, 1.54) is 0 Å². The number of Topliss-reactive ketones (excluding diaryl/α,β-unsaturated/α-hetero) is 1. The Labute approximate surface area is 188 Å². The van der Waals surface area contributed by atoms with Crippen LogP contribution in [-0.4, -0.2) is 23.2 Å². The molecule has 1 heterocycles. The second-order valence-corrected chi connectivity index (χ2v) is 8.79. The van der Waals surface area contributed by atoms with Crippen LogP contribution in [0.2, 0.25) is 10.0 Å². The summed E-state index contributed by atoms with van der Waals surface area (Å²) in [6.45, 7) is 0. The molecule has 3 aromatic rings. The summed E-state index contributed by atoms with van der Waals surface area (Å²) in [4.78, 5) is 15.4. The fraction of sp³-hybridized carbons (Fsp3) is 0.174. The number of carbonyl (C=O) groups excluding carboxylic acids is 1. The fourth-order valence-corrected chi connectivity index (χ4v) is 4.50. The molecule has 0 amide bonds. The maximum atomic E-state index is 13.6. The van der Waals surface area contributed by atoms with E-state index < -0.39 is 12.3 Å². The molecule has 1 aliphatic heterocycles. The van der Waals surface area contributed by atoms with Crippen molar-refractivity contribution < 1.29 is 9.90 Å². The number of ketones is 1. The van der Waals surface area contributed by atoms with Gasteiger partial charge in [0.25, 0.3) is 0 Å². The molecule has 6 heteroatoms. The lowest BCUT2D eigenvalue weighted by atomic mass is 9.87. The molecular formula is C23H18BrCl2NO2. The van der Waals surface area contributed by atoms with E-state index in [4.69, 9.17) is 23.2 Å². The molecule has 0 unspecified atom stereocenters. The average molecular weight is 491 g/mol. The zero-order valence-corrected chi connectivity index (χ0v) is 18.4. The van der Waals surface area contributed by atoms with Crippen molar-refractivity contribution in [3.05, 3.63) is 98.4 Å². The second kappa shape index (κ2) is 8.49. The Bertz CT molecular complexity index is 1030. The maximum absolute atomic E-state index is 13.6. The average Bonchev–Trinajstić information content (AvgIpc) is 3.08. The minimum Gasteiger partial charge on any atom is -0.374 e. The highest BCUT2D eigenvalue weighted by atomic mass is 79.9. The second-order valence-electron chi connectivity index (χ2n) is 7.06. The molecule has 0 saturated carbocycles. The largest absolute Gasteiger partial charge is 0.374 e. The molecule has 1 saturated heterocycles. The first-order valence-corrected chi connectivity index (χ1v) is 10.8. The van der Waals surface area contributed by atoms with Gasteiger partial charge in [-0.25, -0.2) is 0 Å². The number of aliphatic hydroxyl groups excluding tert-OH is 1. The molecule has 148 valence electrons. The lowest BCUT2D eigenvalue weighted by molar-refractivity contribution is 0.0946. The number of anilines is 1. The normalized spacial score (nSPS) is 21.4. The highest BCUT2D eigenvalue weighted by molar-refractivity contribution is 9.10. The van der Waals surface area contributed by atoms with Crippen LogP contribution in [0, 0.1) is 0 Å². The number of rotatable bonds is 4. The molecule has 1 fully saturated rings. The Morgan fingerprint density at radius 2 is 1.66 bits per heavy atom. The van der Waals surface area contributed by atoms with Gasteiger partial charge in [0, 0.05) is 28.1 Å². The molecule has 29 heavy (non-hydrogen) atoms. The van der Waals surface area contributed by atoms with E-state index in [2.05, 4.69) is 15.9 Å². The summed E-state index contributed by atoms with van der Waals surface area (Å²) in [5, 5.41) is 11.7. The maximum Gasteiger partial charge on any atom is 0.185 e. The third-order valence-electron chi connectivity index (χ3n) is 5.29. The highest BCUT2D eigenvalue weighted by Crippen LogP contribution is 2.41. The Balaban J connectivity index is 1.80. The van der Waals surface area contributed by atoms with Gasteiger partial charge in [0.1, 0.15) is 12.3 Å². The number of halogens is 3. The summed E-state index contributed by atoms with van der Waals surface area (Å²) in [5.74, 6) is -0.256. The quantitative estimate of drug-likeness (QED) is 0.435. The number of hydrogen-bond donors (Lipinski definition) is 1. The number of carbonyl (C=O) groups is 1. The van der Waals surface area contributed by atoms with E-state index >= 15 is 0 Å². The van der Waals surface area contributed by atoms with E-state index in [1.807, 2.05) is 54.6 Å². The van der Waals surface area contributed by atoms with Crippen molar-refractivity contribution >= 4 is 50.6 Å². The predicted octanol–water partition coefficient (Wildman–Crippen LogP) is 6.32. The standard InChI is InChI=1S/C23H18BrCl2NO2/c24-16-7-9-17(10-8-16)27-21(28)13-18(14-4-2-1-3-5-14)22(27)23(29)15-6-11-19(25)20(26)12-15/h1-12,18,21-22,28H,13H2/t18-,21+,22+/m0/s1. The molecule has 3 nitrogen and oxygen atoms in total. The Morgan fingerprint density at radius 1 is 0.966 bits per heavy atom. The van der Waals surface area contributed by atoms with Crippen LogP contribution in [0.5, 0.6) is 0 Å². The Morgan fingerprint density at radius 3 is 2.31 bits per heavy atom. The van der Waals surface area contributed by atoms with Gasteiger partial charge in [0.15, 0.2) is 5.78 Å². The van der Waals surface area contributed by atoms with E-state index in [9.17, 15) is 9.90 Å². The third kappa shape index (κ3) is 4.08. The van der Waals surface area contributed by atoms with E-state index in [0.717, 1.165) is 15.7 Å².